The fourth-order valence-corrected chi connectivity index (χ4v) is 14.7. The molecule has 0 saturated carbocycles. The third-order valence-corrected chi connectivity index (χ3v) is 14.7. The van der Waals surface area contributed by atoms with Gasteiger partial charge in [-0.2, -0.15) is 0 Å². The van der Waals surface area contributed by atoms with Gasteiger partial charge in [0.2, 0.25) is 0 Å². The zero-order chi connectivity index (χ0) is 15.5. The van der Waals surface area contributed by atoms with Crippen LogP contribution >= 0.6 is 0 Å². The Hall–Kier alpha value is -0.222. The molecule has 0 radical (unpaired) electrons. The fourth-order valence-electron chi connectivity index (χ4n) is 3.78. The van der Waals surface area contributed by atoms with Crippen molar-refractivity contribution in [2.75, 3.05) is 0 Å². The van der Waals surface area contributed by atoms with Gasteiger partial charge in [-0.15, -0.1) is 0 Å². The van der Waals surface area contributed by atoms with Gasteiger partial charge in [-0.05, 0) is 0 Å². The molecule has 0 atom stereocenters. The summed E-state index contributed by atoms with van der Waals surface area (Å²) in [5, 5.41) is 0. The summed E-state index contributed by atoms with van der Waals surface area (Å²) in [4.78, 5) is 0. The predicted octanol–water partition coefficient (Wildman–Crippen LogP) is 6.48. The summed E-state index contributed by atoms with van der Waals surface area (Å²) in [6.45, 7) is 6.99. The van der Waals surface area contributed by atoms with E-state index in [1.54, 1.807) is 16.7 Å². The Labute approximate surface area is 149 Å². The molecule has 1 heteroatoms. The van der Waals surface area contributed by atoms with Gasteiger partial charge >= 0.3 is 151 Å². The van der Waals surface area contributed by atoms with E-state index in [0.29, 0.717) is 0 Å². The van der Waals surface area contributed by atoms with Gasteiger partial charge in [-0.3, -0.25) is 0 Å². The van der Waals surface area contributed by atoms with Crippen molar-refractivity contribution in [3.8, 4) is 0 Å². The van der Waals surface area contributed by atoms with Gasteiger partial charge in [0.05, 0.1) is 0 Å². The van der Waals surface area contributed by atoms with Crippen molar-refractivity contribution < 1.29 is 34.2 Å². The van der Waals surface area contributed by atoms with Gasteiger partial charge in [0.15, 0.2) is 0 Å². The normalized spacial score (nSPS) is 20.7. The number of rotatable bonds is 6. The van der Waals surface area contributed by atoms with Crippen molar-refractivity contribution >= 4 is 0 Å². The molecule has 22 heavy (non-hydrogen) atoms. The maximum atomic E-state index is 2.42. The molecule has 0 aliphatic heterocycles. The molecule has 0 heterocycles. The summed E-state index contributed by atoms with van der Waals surface area (Å²) >= 11 is -1.97. The number of allylic oxidation sites excluding steroid dienone is 12. The van der Waals surface area contributed by atoms with Crippen molar-refractivity contribution in [2.24, 2.45) is 0 Å². The van der Waals surface area contributed by atoms with E-state index in [1.807, 2.05) is 3.86 Å². The molecule has 0 fully saturated rings. The molecule has 0 N–H and O–H groups in total. The maximum absolute atomic E-state index is 2.42. The van der Waals surface area contributed by atoms with Crippen LogP contribution in [0, 0.1) is 34.2 Å². The van der Waals surface area contributed by atoms with Crippen LogP contribution in [-0.4, -0.2) is 0 Å². The Morgan fingerprint density at radius 1 is 0.636 bits per heavy atom. The second kappa shape index (κ2) is 7.56. The average molecular weight is 424 g/mol. The molecule has 3 aliphatic rings. The molecule has 0 bridgehead atoms. The number of hydrogen-bond donors (Lipinski definition) is 0. The van der Waals surface area contributed by atoms with E-state index in [2.05, 4.69) is 57.2 Å². The summed E-state index contributed by atoms with van der Waals surface area (Å²) in [7, 11) is 0. The van der Waals surface area contributed by atoms with Crippen LogP contribution in [0.4, 0.5) is 0 Å². The Morgan fingerprint density at radius 3 is 1.23 bits per heavy atom. The first kappa shape index (κ1) is 16.6. The first-order chi connectivity index (χ1) is 10.8. The molecule has 116 valence electrons. The summed E-state index contributed by atoms with van der Waals surface area (Å²) in [5.74, 6) is 0. The van der Waals surface area contributed by atoms with Gasteiger partial charge in [-0.25, -0.2) is 0 Å². The van der Waals surface area contributed by atoms with E-state index in [1.165, 1.54) is 38.5 Å². The monoisotopic (exact) mass is 424 g/mol. The van der Waals surface area contributed by atoms with E-state index in [9.17, 15) is 0 Å². The summed E-state index contributed by atoms with van der Waals surface area (Å²) in [6.07, 6.45) is 21.8. The summed E-state index contributed by atoms with van der Waals surface area (Å²) in [5.41, 5.74) is 5.01. The van der Waals surface area contributed by atoms with E-state index >= 15 is 0 Å². The predicted molar refractivity (Wildman–Crippen MR) is 93.2 cm³/mol. The summed E-state index contributed by atoms with van der Waals surface area (Å²) in [6, 6.07) is 0. The second-order valence-electron chi connectivity index (χ2n) is 6.13. The van der Waals surface area contributed by atoms with Crippen molar-refractivity contribution in [3.63, 3.8) is 0 Å². The molecule has 0 saturated heterocycles. The van der Waals surface area contributed by atoms with Crippen LogP contribution in [0.1, 0.15) is 59.3 Å². The molecule has 0 spiro atoms. The van der Waals surface area contributed by atoms with E-state index in [4.69, 9.17) is 0 Å². The van der Waals surface area contributed by atoms with Crippen LogP contribution in [0.25, 0.3) is 0 Å². The van der Waals surface area contributed by atoms with Gasteiger partial charge in [-0.1, -0.05) is 0 Å². The van der Waals surface area contributed by atoms with Crippen LogP contribution in [0.15, 0.2) is 57.0 Å². The minimum atomic E-state index is -1.97. The molecule has 0 aromatic heterocycles. The zero-order valence-electron chi connectivity index (χ0n) is 14.2. The van der Waals surface area contributed by atoms with Crippen LogP contribution in [0.2, 0.25) is 0 Å². The molecule has 0 aromatic rings. The molecule has 0 nitrogen and oxygen atoms in total. The Bertz CT molecular complexity index is 544. The van der Waals surface area contributed by atoms with E-state index < -0.39 is 34.2 Å². The van der Waals surface area contributed by atoms with Crippen LogP contribution in [0.3, 0.4) is 0 Å². The minimum absolute atomic E-state index is 1.21. The van der Waals surface area contributed by atoms with Crippen molar-refractivity contribution in [3.05, 3.63) is 57.0 Å². The Balaban J connectivity index is 2.09. The molecule has 3 aliphatic carbocycles. The standard InChI is InChI=1S/3C7H9.Pm/c3*1-2-7-5-3-4-6-7;/h3*3,5H,2,4H2,1H3;. The van der Waals surface area contributed by atoms with E-state index in [-0.39, 0.29) is 0 Å². The van der Waals surface area contributed by atoms with Crippen LogP contribution in [0.5, 0.6) is 0 Å². The van der Waals surface area contributed by atoms with Gasteiger partial charge in [0.25, 0.3) is 0 Å². The average Bonchev–Trinajstić information content (AvgIpc) is 3.28. The third kappa shape index (κ3) is 3.05. The molecular formula is C21H27Pm. The first-order valence-electron chi connectivity index (χ1n) is 8.75. The third-order valence-electron chi connectivity index (χ3n) is 4.96. The van der Waals surface area contributed by atoms with Gasteiger partial charge < -0.3 is 0 Å². The number of hydrogen-bond acceptors (Lipinski definition) is 0. The Morgan fingerprint density at radius 2 is 0.955 bits per heavy atom. The first-order valence-corrected chi connectivity index (χ1v) is 13.1. The van der Waals surface area contributed by atoms with Crippen LogP contribution in [-0.2, 0) is 0 Å². The molecular weight excluding hydrogens is 397 g/mol. The van der Waals surface area contributed by atoms with Crippen molar-refractivity contribution in [2.45, 2.75) is 59.3 Å². The fraction of sp³-hybridized carbons (Fsp3) is 0.429. The van der Waals surface area contributed by atoms with Crippen molar-refractivity contribution in [1.29, 1.82) is 0 Å². The molecule has 0 aromatic carbocycles. The van der Waals surface area contributed by atoms with Gasteiger partial charge in [0, 0.05) is 0 Å². The van der Waals surface area contributed by atoms with Crippen molar-refractivity contribution in [1.82, 2.24) is 0 Å². The molecule has 0 unspecified atom stereocenters. The SMILES string of the molecule is CCC1=[C]([Pm]([C]2=C(CC)C=CC2)[C]2=C(CC)C=CC2)CC=C1. The topological polar surface area (TPSA) is 0 Å². The Kier molecular flexibility index (Phi) is 5.72. The molecule has 0 amide bonds. The van der Waals surface area contributed by atoms with Crippen LogP contribution < -0.4 is 0 Å². The zero-order valence-corrected chi connectivity index (χ0v) is 17.0. The van der Waals surface area contributed by atoms with E-state index in [0.717, 1.165) is 0 Å². The summed E-state index contributed by atoms with van der Waals surface area (Å²) < 4.78 is 5.64. The quantitative estimate of drug-likeness (QED) is 0.458. The van der Waals surface area contributed by atoms with Gasteiger partial charge in [0.1, 0.15) is 0 Å². The molecule has 3 rings (SSSR count). The second-order valence-corrected chi connectivity index (χ2v) is 13.5.